The van der Waals surface area contributed by atoms with E-state index in [4.69, 9.17) is 22.1 Å². The van der Waals surface area contributed by atoms with Crippen LogP contribution in [0.25, 0.3) is 0 Å². The molecule has 0 saturated heterocycles. The molecule has 0 aliphatic heterocycles. The summed E-state index contributed by atoms with van der Waals surface area (Å²) in [6.07, 6.45) is 2.05. The summed E-state index contributed by atoms with van der Waals surface area (Å²) in [4.78, 5) is 0. The summed E-state index contributed by atoms with van der Waals surface area (Å²) in [5.74, 6) is 0. The Hall–Kier alpha value is 0.584. The van der Waals surface area contributed by atoms with Crippen molar-refractivity contribution in [3.8, 4) is 0 Å². The zero-order valence-corrected chi connectivity index (χ0v) is 14.4. The standard InChI is InChI=1S/C9H24O5SSi2/c1-10-16(11-2,9-15-6)7-8-17(12-3,13-4)14-5/h7-9H2,1-6H3. The Kier molecular flexibility index (Phi) is 8.94. The molecule has 0 aliphatic carbocycles. The fraction of sp³-hybridized carbons (Fsp3) is 1.00. The van der Waals surface area contributed by atoms with Crippen LogP contribution >= 0.6 is 11.8 Å². The molecule has 0 fully saturated rings. The van der Waals surface area contributed by atoms with Gasteiger partial charge in [0.15, 0.2) is 0 Å². The third-order valence-corrected chi connectivity index (χ3v) is 11.5. The molecule has 0 aromatic heterocycles. The lowest BCUT2D eigenvalue weighted by molar-refractivity contribution is 0.123. The molecule has 0 unspecified atom stereocenters. The molecule has 0 aromatic carbocycles. The van der Waals surface area contributed by atoms with E-state index >= 15 is 0 Å². The first-order chi connectivity index (χ1) is 8.07. The van der Waals surface area contributed by atoms with Crippen molar-refractivity contribution in [3.05, 3.63) is 0 Å². The summed E-state index contributed by atoms with van der Waals surface area (Å²) in [5.41, 5.74) is 0. The van der Waals surface area contributed by atoms with Gasteiger partial charge in [0, 0.05) is 47.0 Å². The van der Waals surface area contributed by atoms with Gasteiger partial charge in [-0.25, -0.2) is 0 Å². The average Bonchev–Trinajstić information content (AvgIpc) is 2.39. The van der Waals surface area contributed by atoms with Crippen molar-refractivity contribution in [2.75, 3.05) is 47.2 Å². The summed E-state index contributed by atoms with van der Waals surface area (Å²) in [6, 6.07) is 1.52. The van der Waals surface area contributed by atoms with Gasteiger partial charge in [-0.15, -0.1) is 0 Å². The first-order valence-corrected chi connectivity index (χ1v) is 10.9. The van der Waals surface area contributed by atoms with Crippen molar-refractivity contribution in [1.82, 2.24) is 0 Å². The molecule has 104 valence electrons. The summed E-state index contributed by atoms with van der Waals surface area (Å²) in [6.45, 7) is 0. The Morgan fingerprint density at radius 1 is 0.765 bits per heavy atom. The minimum Gasteiger partial charge on any atom is -0.397 e. The summed E-state index contributed by atoms with van der Waals surface area (Å²) >= 11 is 1.74. The summed E-state index contributed by atoms with van der Waals surface area (Å²) in [7, 11) is 3.62. The van der Waals surface area contributed by atoms with E-state index in [1.54, 1.807) is 47.3 Å². The Labute approximate surface area is 111 Å². The van der Waals surface area contributed by atoms with Gasteiger partial charge in [-0.3, -0.25) is 0 Å². The zero-order chi connectivity index (χ0) is 13.4. The number of thioether (sulfide) groups is 1. The van der Waals surface area contributed by atoms with Crippen molar-refractivity contribution < 1.29 is 22.1 Å². The smallest absolute Gasteiger partial charge is 0.397 e. The Bertz CT molecular complexity index is 192. The first kappa shape index (κ1) is 17.6. The van der Waals surface area contributed by atoms with Gasteiger partial charge in [0.25, 0.3) is 0 Å². The first-order valence-electron chi connectivity index (χ1n) is 5.32. The van der Waals surface area contributed by atoms with Crippen LogP contribution in [0.15, 0.2) is 0 Å². The van der Waals surface area contributed by atoms with Crippen LogP contribution in [-0.4, -0.2) is 64.5 Å². The lowest BCUT2D eigenvalue weighted by Crippen LogP contribution is -2.49. The normalized spacial score (nSPS) is 13.1. The molecule has 0 amide bonds. The maximum Gasteiger partial charge on any atom is 0.500 e. The molecule has 0 aliphatic rings. The SMILES string of the molecule is CO[Si](CC[Si](OC)(OC)OC)(CSC)OC. The molecule has 5 nitrogen and oxygen atoms in total. The van der Waals surface area contributed by atoms with E-state index in [0.29, 0.717) is 6.04 Å². The monoisotopic (exact) mass is 300 g/mol. The maximum atomic E-state index is 5.61. The lowest BCUT2D eigenvalue weighted by Gasteiger charge is -2.30. The molecule has 0 N–H and O–H groups in total. The van der Waals surface area contributed by atoms with E-state index in [1.165, 1.54) is 0 Å². The van der Waals surface area contributed by atoms with Crippen molar-refractivity contribution >= 4 is 29.1 Å². The maximum absolute atomic E-state index is 5.61. The predicted molar refractivity (Wildman–Crippen MR) is 74.5 cm³/mol. The second kappa shape index (κ2) is 8.65. The highest BCUT2D eigenvalue weighted by molar-refractivity contribution is 8.00. The molecular formula is C9H24O5SSi2. The van der Waals surface area contributed by atoms with E-state index in [2.05, 4.69) is 0 Å². The number of hydrogen-bond acceptors (Lipinski definition) is 6. The van der Waals surface area contributed by atoms with Crippen LogP contribution in [0.1, 0.15) is 0 Å². The van der Waals surface area contributed by atoms with E-state index in [-0.39, 0.29) is 0 Å². The third-order valence-electron chi connectivity index (χ3n) is 2.85. The quantitative estimate of drug-likeness (QED) is 0.570. The molecule has 0 rings (SSSR count). The second-order valence-electron chi connectivity index (χ2n) is 3.55. The van der Waals surface area contributed by atoms with Gasteiger partial charge >= 0.3 is 17.4 Å². The molecule has 17 heavy (non-hydrogen) atoms. The fourth-order valence-corrected chi connectivity index (χ4v) is 9.31. The molecule has 0 saturated carbocycles. The van der Waals surface area contributed by atoms with Gasteiger partial charge in [-0.05, 0) is 12.3 Å². The van der Waals surface area contributed by atoms with E-state index < -0.39 is 17.4 Å². The van der Waals surface area contributed by atoms with Crippen LogP contribution in [0, 0.1) is 0 Å². The molecule has 0 heterocycles. The lowest BCUT2D eigenvalue weighted by atomic mass is 10.9. The minimum absolute atomic E-state index is 0.713. The van der Waals surface area contributed by atoms with Gasteiger partial charge in [-0.1, -0.05) is 0 Å². The molecular weight excluding hydrogens is 276 g/mol. The predicted octanol–water partition coefficient (Wildman–Crippen LogP) is 1.50. The van der Waals surface area contributed by atoms with Crippen LogP contribution in [0.2, 0.25) is 12.1 Å². The highest BCUT2D eigenvalue weighted by Crippen LogP contribution is 2.25. The molecule has 8 heteroatoms. The van der Waals surface area contributed by atoms with Crippen LogP contribution in [0.4, 0.5) is 0 Å². The summed E-state index contributed by atoms with van der Waals surface area (Å²) in [5, 5.41) is 0.890. The Balaban J connectivity index is 4.56. The van der Waals surface area contributed by atoms with Crippen molar-refractivity contribution in [2.45, 2.75) is 12.1 Å². The summed E-state index contributed by atoms with van der Waals surface area (Å²) < 4.78 is 27.4. The van der Waals surface area contributed by atoms with Crippen LogP contribution in [-0.2, 0) is 22.1 Å². The second-order valence-corrected chi connectivity index (χ2v) is 11.5. The number of rotatable bonds is 10. The van der Waals surface area contributed by atoms with Crippen molar-refractivity contribution in [1.29, 1.82) is 0 Å². The minimum atomic E-state index is -2.52. The molecule has 0 atom stereocenters. The number of hydrogen-bond donors (Lipinski definition) is 0. The van der Waals surface area contributed by atoms with Crippen molar-refractivity contribution in [3.63, 3.8) is 0 Å². The van der Waals surface area contributed by atoms with Crippen LogP contribution in [0.5, 0.6) is 0 Å². The molecule has 0 bridgehead atoms. The van der Waals surface area contributed by atoms with Gasteiger partial charge in [0.05, 0.1) is 0 Å². The van der Waals surface area contributed by atoms with Gasteiger partial charge in [0.2, 0.25) is 0 Å². The van der Waals surface area contributed by atoms with E-state index in [0.717, 1.165) is 11.4 Å². The van der Waals surface area contributed by atoms with Gasteiger partial charge in [0.1, 0.15) is 0 Å². The topological polar surface area (TPSA) is 46.2 Å². The van der Waals surface area contributed by atoms with E-state index in [9.17, 15) is 0 Å². The van der Waals surface area contributed by atoms with Crippen LogP contribution in [0.3, 0.4) is 0 Å². The molecule has 0 aromatic rings. The van der Waals surface area contributed by atoms with Crippen LogP contribution < -0.4 is 0 Å². The van der Waals surface area contributed by atoms with Crippen molar-refractivity contribution in [2.24, 2.45) is 0 Å². The van der Waals surface area contributed by atoms with Gasteiger partial charge < -0.3 is 22.1 Å². The third kappa shape index (κ3) is 4.99. The largest absolute Gasteiger partial charge is 0.500 e. The highest BCUT2D eigenvalue weighted by atomic mass is 32.2. The fourth-order valence-electron chi connectivity index (χ4n) is 1.60. The van der Waals surface area contributed by atoms with Gasteiger partial charge in [-0.2, -0.15) is 11.8 Å². The zero-order valence-electron chi connectivity index (χ0n) is 11.6. The van der Waals surface area contributed by atoms with E-state index in [1.807, 2.05) is 6.26 Å². The Morgan fingerprint density at radius 2 is 1.24 bits per heavy atom. The molecule has 0 spiro atoms. The molecule has 0 radical (unpaired) electrons. The average molecular weight is 301 g/mol. The highest BCUT2D eigenvalue weighted by Gasteiger charge is 2.44. The Morgan fingerprint density at radius 3 is 1.53 bits per heavy atom.